The van der Waals surface area contributed by atoms with Gasteiger partial charge in [0.15, 0.2) is 0 Å². The van der Waals surface area contributed by atoms with Crippen LogP contribution in [0.5, 0.6) is 0 Å². The predicted molar refractivity (Wildman–Crippen MR) is 61.2 cm³/mol. The van der Waals surface area contributed by atoms with Crippen LogP contribution in [0.4, 0.5) is 0 Å². The molecule has 96 valence electrons. The summed E-state index contributed by atoms with van der Waals surface area (Å²) in [5.41, 5.74) is 5.73. The highest BCUT2D eigenvalue weighted by Crippen LogP contribution is 2.10. The van der Waals surface area contributed by atoms with Crippen LogP contribution in [0.1, 0.15) is 18.5 Å². The number of oxime groups is 1. The highest BCUT2D eigenvalue weighted by atomic mass is 32.2. The Bertz CT molecular complexity index is 493. The van der Waals surface area contributed by atoms with E-state index in [0.717, 1.165) is 0 Å². The van der Waals surface area contributed by atoms with Crippen molar-refractivity contribution >= 4 is 15.9 Å². The summed E-state index contributed by atoms with van der Waals surface area (Å²) in [5.74, 6) is 0.0729. The van der Waals surface area contributed by atoms with Gasteiger partial charge in [0.05, 0.1) is 11.9 Å². The van der Waals surface area contributed by atoms with Crippen molar-refractivity contribution in [3.05, 3.63) is 11.9 Å². The average molecular weight is 261 g/mol. The van der Waals surface area contributed by atoms with E-state index in [1.54, 1.807) is 6.92 Å². The molecular formula is C8H15N5O3S. The molecule has 0 unspecified atom stereocenters. The minimum atomic E-state index is -3.54. The van der Waals surface area contributed by atoms with Gasteiger partial charge in [-0.05, 0) is 13.3 Å². The number of amidine groups is 1. The lowest BCUT2D eigenvalue weighted by molar-refractivity contribution is 0.316. The van der Waals surface area contributed by atoms with Crippen molar-refractivity contribution in [1.29, 1.82) is 0 Å². The third kappa shape index (κ3) is 3.71. The van der Waals surface area contributed by atoms with Gasteiger partial charge in [0.1, 0.15) is 10.7 Å². The monoisotopic (exact) mass is 261 g/mol. The van der Waals surface area contributed by atoms with Gasteiger partial charge >= 0.3 is 0 Å². The molecule has 0 saturated carbocycles. The number of nitrogens with two attached hydrogens (primary N) is 1. The maximum absolute atomic E-state index is 11.7. The van der Waals surface area contributed by atoms with Crippen LogP contribution in [0.15, 0.2) is 16.2 Å². The smallest absolute Gasteiger partial charge is 0.243 e. The van der Waals surface area contributed by atoms with Gasteiger partial charge in [-0.25, -0.2) is 13.1 Å². The summed E-state index contributed by atoms with van der Waals surface area (Å²) in [7, 11) is -3.54. The van der Waals surface area contributed by atoms with E-state index in [-0.39, 0.29) is 17.3 Å². The molecule has 1 heterocycles. The molecule has 0 aliphatic heterocycles. The number of nitrogens with one attached hydrogen (secondary N) is 2. The first-order valence-corrected chi connectivity index (χ1v) is 6.41. The number of sulfonamides is 1. The third-order valence-corrected chi connectivity index (χ3v) is 3.68. The van der Waals surface area contributed by atoms with Gasteiger partial charge in [-0.3, -0.25) is 5.10 Å². The Labute approximate surface area is 98.9 Å². The summed E-state index contributed by atoms with van der Waals surface area (Å²) in [5, 5.41) is 17.3. The van der Waals surface area contributed by atoms with E-state index >= 15 is 0 Å². The van der Waals surface area contributed by atoms with Crippen molar-refractivity contribution in [2.45, 2.75) is 24.7 Å². The van der Waals surface area contributed by atoms with Crippen molar-refractivity contribution in [2.24, 2.45) is 10.9 Å². The van der Waals surface area contributed by atoms with Crippen LogP contribution in [-0.4, -0.2) is 36.2 Å². The third-order valence-electron chi connectivity index (χ3n) is 2.10. The summed E-state index contributed by atoms with van der Waals surface area (Å²) in [4.78, 5) is 0.126. The van der Waals surface area contributed by atoms with Gasteiger partial charge < -0.3 is 10.9 Å². The Morgan fingerprint density at radius 2 is 2.41 bits per heavy atom. The number of aromatic amines is 1. The van der Waals surface area contributed by atoms with Crippen LogP contribution < -0.4 is 10.5 Å². The van der Waals surface area contributed by atoms with E-state index in [1.807, 2.05) is 0 Å². The number of hydrogen-bond donors (Lipinski definition) is 4. The zero-order chi connectivity index (χ0) is 12.9. The molecule has 0 amide bonds. The number of aryl methyl sites for hydroxylation is 1. The predicted octanol–water partition coefficient (Wildman–Crippen LogP) is -0.477. The van der Waals surface area contributed by atoms with Crippen molar-refractivity contribution in [3.63, 3.8) is 0 Å². The van der Waals surface area contributed by atoms with Crippen LogP contribution in [0.2, 0.25) is 0 Å². The molecule has 0 aliphatic rings. The summed E-state index contributed by atoms with van der Waals surface area (Å²) in [6.07, 6.45) is 2.02. The molecule has 0 spiro atoms. The molecule has 17 heavy (non-hydrogen) atoms. The molecule has 1 aromatic rings. The summed E-state index contributed by atoms with van der Waals surface area (Å²) in [6, 6.07) is 0. The summed E-state index contributed by atoms with van der Waals surface area (Å²) in [6.45, 7) is 1.83. The molecule has 0 aromatic carbocycles. The fraction of sp³-hybridized carbons (Fsp3) is 0.500. The lowest BCUT2D eigenvalue weighted by Gasteiger charge is -2.05. The molecule has 5 N–H and O–H groups in total. The molecule has 0 saturated heterocycles. The van der Waals surface area contributed by atoms with Crippen molar-refractivity contribution in [1.82, 2.24) is 14.9 Å². The Kier molecular flexibility index (Phi) is 4.46. The summed E-state index contributed by atoms with van der Waals surface area (Å²) < 4.78 is 25.9. The second kappa shape index (κ2) is 5.64. The van der Waals surface area contributed by atoms with E-state index in [0.29, 0.717) is 18.5 Å². The molecule has 0 radical (unpaired) electrons. The van der Waals surface area contributed by atoms with E-state index in [1.165, 1.54) is 6.20 Å². The molecule has 1 aromatic heterocycles. The standard InChI is InChI=1S/C8H15N5O3S/c1-6-7(5-10-12-6)17(15,16)11-4-2-3-8(9)13-14/h5,11,14H,2-4H2,1H3,(H2,9,13)(H,10,12). The maximum atomic E-state index is 11.7. The van der Waals surface area contributed by atoms with Crippen LogP contribution in [0.3, 0.4) is 0 Å². The maximum Gasteiger partial charge on any atom is 0.243 e. The second-order valence-electron chi connectivity index (χ2n) is 3.45. The number of aromatic nitrogens is 2. The number of hydrogen-bond acceptors (Lipinski definition) is 5. The van der Waals surface area contributed by atoms with Gasteiger partial charge in [0.2, 0.25) is 10.0 Å². The molecule has 0 fully saturated rings. The van der Waals surface area contributed by atoms with E-state index in [4.69, 9.17) is 10.9 Å². The zero-order valence-corrected chi connectivity index (χ0v) is 10.2. The minimum absolute atomic E-state index is 0.0729. The van der Waals surface area contributed by atoms with E-state index < -0.39 is 10.0 Å². The van der Waals surface area contributed by atoms with Gasteiger partial charge in [-0.1, -0.05) is 5.16 Å². The minimum Gasteiger partial charge on any atom is -0.409 e. The van der Waals surface area contributed by atoms with E-state index in [2.05, 4.69) is 20.1 Å². The van der Waals surface area contributed by atoms with E-state index in [9.17, 15) is 8.42 Å². The second-order valence-corrected chi connectivity index (χ2v) is 5.19. The SMILES string of the molecule is Cc1[nH]ncc1S(=O)(=O)NCCCC(N)=NO. The molecular weight excluding hydrogens is 246 g/mol. The zero-order valence-electron chi connectivity index (χ0n) is 9.34. The number of rotatable bonds is 6. The van der Waals surface area contributed by atoms with Crippen LogP contribution in [-0.2, 0) is 10.0 Å². The van der Waals surface area contributed by atoms with Gasteiger partial charge in [0, 0.05) is 13.0 Å². The first-order chi connectivity index (χ1) is 7.97. The molecule has 0 bridgehead atoms. The number of H-pyrrole nitrogens is 1. The highest BCUT2D eigenvalue weighted by molar-refractivity contribution is 7.89. The van der Waals surface area contributed by atoms with Crippen LogP contribution >= 0.6 is 0 Å². The lowest BCUT2D eigenvalue weighted by atomic mass is 10.3. The summed E-state index contributed by atoms with van der Waals surface area (Å²) >= 11 is 0. The molecule has 8 nitrogen and oxygen atoms in total. The fourth-order valence-corrected chi connectivity index (χ4v) is 2.42. The Hall–Kier alpha value is -1.61. The number of nitrogens with zero attached hydrogens (tertiary/aromatic N) is 2. The molecule has 9 heteroatoms. The fourth-order valence-electron chi connectivity index (χ4n) is 1.21. The largest absolute Gasteiger partial charge is 0.409 e. The molecule has 0 aliphatic carbocycles. The highest BCUT2D eigenvalue weighted by Gasteiger charge is 2.17. The van der Waals surface area contributed by atoms with Crippen LogP contribution in [0, 0.1) is 6.92 Å². The Morgan fingerprint density at radius 1 is 1.71 bits per heavy atom. The van der Waals surface area contributed by atoms with Gasteiger partial charge in [-0.15, -0.1) is 0 Å². The Morgan fingerprint density at radius 3 is 2.94 bits per heavy atom. The Balaban J connectivity index is 2.50. The quantitative estimate of drug-likeness (QED) is 0.180. The topological polar surface area (TPSA) is 133 Å². The van der Waals surface area contributed by atoms with Gasteiger partial charge in [0.25, 0.3) is 0 Å². The van der Waals surface area contributed by atoms with Crippen molar-refractivity contribution in [2.75, 3.05) is 6.54 Å². The van der Waals surface area contributed by atoms with Crippen molar-refractivity contribution in [3.8, 4) is 0 Å². The van der Waals surface area contributed by atoms with Gasteiger partial charge in [-0.2, -0.15) is 5.10 Å². The normalized spacial score (nSPS) is 12.9. The molecule has 1 rings (SSSR count). The lowest BCUT2D eigenvalue weighted by Crippen LogP contribution is -2.26. The first kappa shape index (κ1) is 13.5. The van der Waals surface area contributed by atoms with Crippen molar-refractivity contribution < 1.29 is 13.6 Å². The average Bonchev–Trinajstić information content (AvgIpc) is 2.71. The van der Waals surface area contributed by atoms with Crippen LogP contribution in [0.25, 0.3) is 0 Å². The molecule has 0 atom stereocenters. The first-order valence-electron chi connectivity index (χ1n) is 4.93.